The highest BCUT2D eigenvalue weighted by molar-refractivity contribution is 7.92. The van der Waals surface area contributed by atoms with Gasteiger partial charge in [-0.2, -0.15) is 0 Å². The molecule has 0 saturated heterocycles. The number of phenolic OH excluding ortho intramolecular Hbond substituents is 1. The van der Waals surface area contributed by atoms with Crippen molar-refractivity contribution in [2.45, 2.75) is 25.7 Å². The third-order valence-electron chi connectivity index (χ3n) is 3.04. The van der Waals surface area contributed by atoms with Gasteiger partial charge in [0.2, 0.25) is 0 Å². The lowest BCUT2D eigenvalue weighted by molar-refractivity contribution is 0.473. The van der Waals surface area contributed by atoms with Crippen molar-refractivity contribution in [3.63, 3.8) is 0 Å². The van der Waals surface area contributed by atoms with Gasteiger partial charge < -0.3 is 5.11 Å². The summed E-state index contributed by atoms with van der Waals surface area (Å²) in [6, 6.07) is 9.45. The highest BCUT2D eigenvalue weighted by Crippen LogP contribution is 2.26. The van der Waals surface area contributed by atoms with E-state index in [0.717, 1.165) is 16.7 Å². The van der Waals surface area contributed by atoms with Gasteiger partial charge in [0.25, 0.3) is 10.0 Å². The lowest BCUT2D eigenvalue weighted by atomic mass is 10.1. The molecule has 4 nitrogen and oxygen atoms in total. The predicted molar refractivity (Wildman–Crippen MR) is 79.6 cm³/mol. The van der Waals surface area contributed by atoms with Crippen molar-refractivity contribution < 1.29 is 13.5 Å². The first-order chi connectivity index (χ1) is 9.29. The molecule has 0 aliphatic heterocycles. The molecular formula is C15H17NO3S. The number of benzene rings is 2. The number of hydrogen-bond acceptors (Lipinski definition) is 3. The van der Waals surface area contributed by atoms with Crippen molar-refractivity contribution in [1.29, 1.82) is 0 Å². The van der Waals surface area contributed by atoms with Crippen LogP contribution in [0, 0.1) is 20.8 Å². The molecule has 20 heavy (non-hydrogen) atoms. The fourth-order valence-corrected chi connectivity index (χ4v) is 3.43. The quantitative estimate of drug-likeness (QED) is 0.913. The number of sulfonamides is 1. The van der Waals surface area contributed by atoms with E-state index in [0.29, 0.717) is 5.69 Å². The second-order valence-corrected chi connectivity index (χ2v) is 6.56. The molecule has 5 heteroatoms. The van der Waals surface area contributed by atoms with Crippen molar-refractivity contribution in [1.82, 2.24) is 0 Å². The van der Waals surface area contributed by atoms with Crippen LogP contribution in [-0.4, -0.2) is 13.5 Å². The summed E-state index contributed by atoms with van der Waals surface area (Å²) in [5.74, 6) is -0.0785. The van der Waals surface area contributed by atoms with Crippen molar-refractivity contribution in [2.24, 2.45) is 0 Å². The molecule has 0 aliphatic rings. The molecule has 2 aromatic rings. The van der Waals surface area contributed by atoms with Gasteiger partial charge in [0.15, 0.2) is 0 Å². The van der Waals surface area contributed by atoms with E-state index >= 15 is 0 Å². The summed E-state index contributed by atoms with van der Waals surface area (Å²) < 4.78 is 27.2. The molecular weight excluding hydrogens is 274 g/mol. The number of aromatic hydroxyl groups is 1. The molecule has 0 amide bonds. The van der Waals surface area contributed by atoms with E-state index in [4.69, 9.17) is 0 Å². The highest BCUT2D eigenvalue weighted by Gasteiger charge is 2.17. The lowest BCUT2D eigenvalue weighted by Gasteiger charge is -2.14. The summed E-state index contributed by atoms with van der Waals surface area (Å²) in [5.41, 5.74) is 3.40. The zero-order valence-corrected chi connectivity index (χ0v) is 12.5. The summed E-state index contributed by atoms with van der Waals surface area (Å²) in [5, 5.41) is 9.40. The smallest absolute Gasteiger partial charge is 0.262 e. The maximum Gasteiger partial charge on any atom is 0.262 e. The normalized spacial score (nSPS) is 11.3. The van der Waals surface area contributed by atoms with Gasteiger partial charge in [-0.05, 0) is 44.0 Å². The van der Waals surface area contributed by atoms with Crippen LogP contribution in [0.1, 0.15) is 16.7 Å². The fourth-order valence-electron chi connectivity index (χ4n) is 2.18. The lowest BCUT2D eigenvalue weighted by Crippen LogP contribution is -2.14. The van der Waals surface area contributed by atoms with Crippen LogP contribution in [0.2, 0.25) is 0 Å². The summed E-state index contributed by atoms with van der Waals surface area (Å²) >= 11 is 0. The summed E-state index contributed by atoms with van der Waals surface area (Å²) in [7, 11) is -3.70. The molecule has 2 aromatic carbocycles. The van der Waals surface area contributed by atoms with Crippen molar-refractivity contribution in [2.75, 3.05) is 4.72 Å². The minimum atomic E-state index is -3.70. The zero-order chi connectivity index (χ0) is 14.9. The molecule has 0 saturated carbocycles. The SMILES string of the molecule is Cc1cc(C)c(NS(=O)(=O)c2cccc(O)c2)c(C)c1. The van der Waals surface area contributed by atoms with Crippen LogP contribution in [0.3, 0.4) is 0 Å². The van der Waals surface area contributed by atoms with E-state index in [1.54, 1.807) is 0 Å². The maximum atomic E-state index is 12.3. The first-order valence-electron chi connectivity index (χ1n) is 6.19. The predicted octanol–water partition coefficient (Wildman–Crippen LogP) is 3.12. The van der Waals surface area contributed by atoms with Crippen LogP contribution in [0.5, 0.6) is 5.75 Å². The van der Waals surface area contributed by atoms with E-state index in [1.165, 1.54) is 24.3 Å². The average Bonchev–Trinajstić information content (AvgIpc) is 2.34. The Morgan fingerprint density at radius 2 is 1.60 bits per heavy atom. The van der Waals surface area contributed by atoms with Crippen LogP contribution >= 0.6 is 0 Å². The number of hydrogen-bond donors (Lipinski definition) is 2. The van der Waals surface area contributed by atoms with Gasteiger partial charge in [-0.3, -0.25) is 4.72 Å². The van der Waals surface area contributed by atoms with E-state index in [-0.39, 0.29) is 10.6 Å². The zero-order valence-electron chi connectivity index (χ0n) is 11.6. The molecule has 0 aliphatic carbocycles. The summed E-state index contributed by atoms with van der Waals surface area (Å²) in [6.45, 7) is 5.69. The van der Waals surface area contributed by atoms with Crippen LogP contribution in [0.25, 0.3) is 0 Å². The van der Waals surface area contributed by atoms with Crippen LogP contribution in [0.4, 0.5) is 5.69 Å². The van der Waals surface area contributed by atoms with Crippen LogP contribution in [-0.2, 0) is 10.0 Å². The van der Waals surface area contributed by atoms with Crippen molar-refractivity contribution >= 4 is 15.7 Å². The van der Waals surface area contributed by atoms with Gasteiger partial charge in [-0.1, -0.05) is 23.8 Å². The molecule has 2 rings (SSSR count). The van der Waals surface area contributed by atoms with Gasteiger partial charge in [0, 0.05) is 6.07 Å². The Morgan fingerprint density at radius 1 is 1.00 bits per heavy atom. The highest BCUT2D eigenvalue weighted by atomic mass is 32.2. The first kappa shape index (κ1) is 14.4. The number of aryl methyl sites for hydroxylation is 3. The third kappa shape index (κ3) is 2.93. The minimum Gasteiger partial charge on any atom is -0.508 e. The Kier molecular flexibility index (Phi) is 3.72. The topological polar surface area (TPSA) is 66.4 Å². The second-order valence-electron chi connectivity index (χ2n) is 4.88. The maximum absolute atomic E-state index is 12.3. The van der Waals surface area contributed by atoms with Gasteiger partial charge in [0.05, 0.1) is 10.6 Å². The Balaban J connectivity index is 2.44. The molecule has 2 N–H and O–H groups in total. The molecule has 0 aromatic heterocycles. The van der Waals surface area contributed by atoms with Crippen LogP contribution in [0.15, 0.2) is 41.3 Å². The molecule has 106 valence electrons. The molecule has 0 heterocycles. The van der Waals surface area contributed by atoms with E-state index < -0.39 is 10.0 Å². The van der Waals surface area contributed by atoms with Crippen molar-refractivity contribution in [3.8, 4) is 5.75 Å². The van der Waals surface area contributed by atoms with Gasteiger partial charge in [0.1, 0.15) is 5.75 Å². The molecule has 0 radical (unpaired) electrons. The molecule has 0 unspecified atom stereocenters. The Bertz CT molecular complexity index is 728. The minimum absolute atomic E-state index is 0.0388. The number of anilines is 1. The van der Waals surface area contributed by atoms with Gasteiger partial charge in [-0.15, -0.1) is 0 Å². The molecule has 0 bridgehead atoms. The second kappa shape index (κ2) is 5.17. The Labute approximate surface area is 119 Å². The van der Waals surface area contributed by atoms with Crippen LogP contribution < -0.4 is 4.72 Å². The average molecular weight is 291 g/mol. The number of phenols is 1. The molecule has 0 spiro atoms. The number of nitrogens with one attached hydrogen (secondary N) is 1. The standard InChI is InChI=1S/C15H17NO3S/c1-10-7-11(2)15(12(3)8-10)16-20(18,19)14-6-4-5-13(17)9-14/h4-9,16-17H,1-3H3. The summed E-state index contributed by atoms with van der Waals surface area (Å²) in [6.07, 6.45) is 0. The monoisotopic (exact) mass is 291 g/mol. The van der Waals surface area contributed by atoms with E-state index in [9.17, 15) is 13.5 Å². The fraction of sp³-hybridized carbons (Fsp3) is 0.200. The van der Waals surface area contributed by atoms with Crippen molar-refractivity contribution in [3.05, 3.63) is 53.1 Å². The Morgan fingerprint density at radius 3 is 2.15 bits per heavy atom. The Hall–Kier alpha value is -2.01. The summed E-state index contributed by atoms with van der Waals surface area (Å²) in [4.78, 5) is 0.0388. The van der Waals surface area contributed by atoms with Gasteiger partial charge in [-0.25, -0.2) is 8.42 Å². The van der Waals surface area contributed by atoms with E-state index in [1.807, 2.05) is 32.9 Å². The largest absolute Gasteiger partial charge is 0.508 e. The van der Waals surface area contributed by atoms with Gasteiger partial charge >= 0.3 is 0 Å². The molecule has 0 atom stereocenters. The van der Waals surface area contributed by atoms with E-state index in [2.05, 4.69) is 4.72 Å². The number of rotatable bonds is 3. The first-order valence-corrected chi connectivity index (χ1v) is 7.67. The molecule has 0 fully saturated rings. The third-order valence-corrected chi connectivity index (χ3v) is 4.39.